The van der Waals surface area contributed by atoms with Crippen LogP contribution in [0.5, 0.6) is 0 Å². The minimum atomic E-state index is -0.581. The van der Waals surface area contributed by atoms with Crippen LogP contribution in [-0.4, -0.2) is 54.6 Å². The van der Waals surface area contributed by atoms with E-state index in [9.17, 15) is 18.8 Å². The van der Waals surface area contributed by atoms with Crippen molar-refractivity contribution in [2.24, 2.45) is 5.92 Å². The van der Waals surface area contributed by atoms with E-state index in [0.717, 1.165) is 0 Å². The van der Waals surface area contributed by atoms with E-state index in [-0.39, 0.29) is 42.9 Å². The molecule has 0 radical (unpaired) electrons. The minimum Gasteiger partial charge on any atom is -0.444 e. The summed E-state index contributed by atoms with van der Waals surface area (Å²) >= 11 is 3.28. The number of hydrogen-bond donors (Lipinski definition) is 2. The van der Waals surface area contributed by atoms with Crippen molar-refractivity contribution >= 4 is 33.8 Å². The molecule has 1 aromatic rings. The third kappa shape index (κ3) is 7.30. The van der Waals surface area contributed by atoms with E-state index in [0.29, 0.717) is 23.9 Å². The zero-order chi connectivity index (χ0) is 21.6. The van der Waals surface area contributed by atoms with Crippen molar-refractivity contribution in [2.45, 2.75) is 39.2 Å². The SMILES string of the molecule is CC(C)(C)OC(=O)NCCNC(=O)C1CCCN(C(=O)c2cc(F)ccc2Br)C1. The highest BCUT2D eigenvalue weighted by atomic mass is 79.9. The largest absolute Gasteiger partial charge is 0.444 e. The summed E-state index contributed by atoms with van der Waals surface area (Å²) in [6.07, 6.45) is 0.814. The van der Waals surface area contributed by atoms with Crippen LogP contribution in [0, 0.1) is 11.7 Å². The van der Waals surface area contributed by atoms with Crippen LogP contribution in [0.4, 0.5) is 9.18 Å². The summed E-state index contributed by atoms with van der Waals surface area (Å²) in [5.41, 5.74) is -0.338. The molecule has 7 nitrogen and oxygen atoms in total. The van der Waals surface area contributed by atoms with Gasteiger partial charge >= 0.3 is 6.09 Å². The van der Waals surface area contributed by atoms with Gasteiger partial charge in [0.1, 0.15) is 11.4 Å². The summed E-state index contributed by atoms with van der Waals surface area (Å²) in [5, 5.41) is 5.35. The van der Waals surface area contributed by atoms with Crippen LogP contribution in [0.1, 0.15) is 44.0 Å². The third-order valence-corrected chi connectivity index (χ3v) is 5.02. The second-order valence-corrected chi connectivity index (χ2v) is 8.79. The molecule has 2 N–H and O–H groups in total. The van der Waals surface area contributed by atoms with Gasteiger partial charge in [0.2, 0.25) is 5.91 Å². The number of nitrogens with one attached hydrogen (secondary N) is 2. The van der Waals surface area contributed by atoms with Gasteiger partial charge in [0.05, 0.1) is 11.5 Å². The Bertz CT molecular complexity index is 767. The topological polar surface area (TPSA) is 87.7 Å². The lowest BCUT2D eigenvalue weighted by atomic mass is 9.96. The second kappa shape index (κ2) is 10.0. The highest BCUT2D eigenvalue weighted by Crippen LogP contribution is 2.23. The number of nitrogens with zero attached hydrogens (tertiary/aromatic N) is 1. The molecule has 1 aliphatic heterocycles. The number of carbonyl (C=O) groups is 3. The van der Waals surface area contributed by atoms with Crippen molar-refractivity contribution in [3.05, 3.63) is 34.1 Å². The number of hydrogen-bond acceptors (Lipinski definition) is 4. The fraction of sp³-hybridized carbons (Fsp3) is 0.550. The van der Waals surface area contributed by atoms with Gasteiger partial charge in [-0.2, -0.15) is 0 Å². The molecule has 3 amide bonds. The highest BCUT2D eigenvalue weighted by Gasteiger charge is 2.29. The lowest BCUT2D eigenvalue weighted by Crippen LogP contribution is -2.46. The molecule has 160 valence electrons. The highest BCUT2D eigenvalue weighted by molar-refractivity contribution is 9.10. The van der Waals surface area contributed by atoms with Crippen LogP contribution in [0.15, 0.2) is 22.7 Å². The number of likely N-dealkylation sites (tertiary alicyclic amines) is 1. The molecule has 0 spiro atoms. The summed E-state index contributed by atoms with van der Waals surface area (Å²) in [4.78, 5) is 38.3. The molecular formula is C20H27BrFN3O4. The van der Waals surface area contributed by atoms with Crippen LogP contribution < -0.4 is 10.6 Å². The van der Waals surface area contributed by atoms with Crippen molar-refractivity contribution in [2.75, 3.05) is 26.2 Å². The molecule has 9 heteroatoms. The maximum absolute atomic E-state index is 13.5. The molecule has 0 bridgehead atoms. The lowest BCUT2D eigenvalue weighted by Gasteiger charge is -2.32. The quantitative estimate of drug-likeness (QED) is 0.645. The van der Waals surface area contributed by atoms with E-state index < -0.39 is 17.5 Å². The van der Waals surface area contributed by atoms with Gasteiger partial charge in [-0.25, -0.2) is 9.18 Å². The first kappa shape index (κ1) is 23.1. The molecule has 1 unspecified atom stereocenters. The van der Waals surface area contributed by atoms with Crippen molar-refractivity contribution < 1.29 is 23.5 Å². The Morgan fingerprint density at radius 2 is 1.93 bits per heavy atom. The van der Waals surface area contributed by atoms with Gasteiger partial charge in [0.15, 0.2) is 0 Å². The van der Waals surface area contributed by atoms with Gasteiger partial charge in [-0.05, 0) is 67.7 Å². The van der Waals surface area contributed by atoms with E-state index in [2.05, 4.69) is 26.6 Å². The Balaban J connectivity index is 1.82. The average molecular weight is 472 g/mol. The molecule has 0 aromatic heterocycles. The maximum Gasteiger partial charge on any atom is 0.407 e. The number of carbonyl (C=O) groups excluding carboxylic acids is 3. The Labute approximate surface area is 178 Å². The maximum atomic E-state index is 13.5. The van der Waals surface area contributed by atoms with E-state index in [1.807, 2.05) is 0 Å². The van der Waals surface area contributed by atoms with Crippen molar-refractivity contribution in [3.63, 3.8) is 0 Å². The molecule has 0 saturated carbocycles. The van der Waals surface area contributed by atoms with Gasteiger partial charge in [-0.3, -0.25) is 9.59 Å². The molecule has 1 atom stereocenters. The smallest absolute Gasteiger partial charge is 0.407 e. The second-order valence-electron chi connectivity index (χ2n) is 7.93. The summed E-state index contributed by atoms with van der Waals surface area (Å²) in [6.45, 7) is 6.61. The van der Waals surface area contributed by atoms with E-state index in [4.69, 9.17) is 4.74 Å². The molecule has 1 fully saturated rings. The molecule has 1 saturated heterocycles. The van der Waals surface area contributed by atoms with E-state index >= 15 is 0 Å². The number of ether oxygens (including phenoxy) is 1. The van der Waals surface area contributed by atoms with Gasteiger partial charge in [-0.15, -0.1) is 0 Å². The van der Waals surface area contributed by atoms with E-state index in [1.54, 1.807) is 25.7 Å². The standard InChI is InChI=1S/C20H27BrFN3O4/c1-20(2,3)29-19(28)24-9-8-23-17(26)13-5-4-10-25(12-13)18(27)15-11-14(22)6-7-16(15)21/h6-7,11,13H,4-5,8-10,12H2,1-3H3,(H,23,26)(H,24,28). The first-order valence-corrected chi connectivity index (χ1v) is 10.3. The normalized spacial score (nSPS) is 16.9. The van der Waals surface area contributed by atoms with Crippen LogP contribution >= 0.6 is 15.9 Å². The first-order valence-electron chi connectivity index (χ1n) is 9.55. The molecular weight excluding hydrogens is 445 g/mol. The van der Waals surface area contributed by atoms with Crippen molar-refractivity contribution in [1.82, 2.24) is 15.5 Å². The van der Waals surface area contributed by atoms with Crippen molar-refractivity contribution in [3.8, 4) is 0 Å². The van der Waals surface area contributed by atoms with Crippen LogP contribution in [0.25, 0.3) is 0 Å². The molecule has 1 aliphatic rings. The Hall–Kier alpha value is -2.16. The Kier molecular flexibility index (Phi) is 8.01. The predicted octanol–water partition coefficient (Wildman–Crippen LogP) is 3.08. The fourth-order valence-electron chi connectivity index (χ4n) is 3.02. The van der Waals surface area contributed by atoms with Crippen LogP contribution in [0.3, 0.4) is 0 Å². The molecule has 0 aliphatic carbocycles. The zero-order valence-electron chi connectivity index (χ0n) is 16.9. The van der Waals surface area contributed by atoms with Crippen molar-refractivity contribution in [1.29, 1.82) is 0 Å². The number of benzene rings is 1. The molecule has 29 heavy (non-hydrogen) atoms. The van der Waals surface area contributed by atoms with Crippen LogP contribution in [0.2, 0.25) is 0 Å². The summed E-state index contributed by atoms with van der Waals surface area (Å²) in [6, 6.07) is 3.96. The molecule has 2 rings (SSSR count). The number of rotatable bonds is 5. The van der Waals surface area contributed by atoms with Gasteiger partial charge in [0, 0.05) is 30.7 Å². The minimum absolute atomic E-state index is 0.174. The van der Waals surface area contributed by atoms with Crippen LogP contribution in [-0.2, 0) is 9.53 Å². The fourth-order valence-corrected chi connectivity index (χ4v) is 3.43. The monoisotopic (exact) mass is 471 g/mol. The first-order chi connectivity index (χ1) is 13.6. The molecule has 1 aromatic carbocycles. The van der Waals surface area contributed by atoms with Gasteiger partial charge in [-0.1, -0.05) is 0 Å². The summed E-state index contributed by atoms with van der Waals surface area (Å²) < 4.78 is 19.1. The number of halogens is 2. The van der Waals surface area contributed by atoms with Gasteiger partial charge in [0.25, 0.3) is 5.91 Å². The zero-order valence-corrected chi connectivity index (χ0v) is 18.5. The van der Waals surface area contributed by atoms with E-state index in [1.165, 1.54) is 18.2 Å². The summed E-state index contributed by atoms with van der Waals surface area (Å²) in [5.74, 6) is -1.31. The average Bonchev–Trinajstić information content (AvgIpc) is 2.65. The Morgan fingerprint density at radius 3 is 2.62 bits per heavy atom. The summed E-state index contributed by atoms with van der Waals surface area (Å²) in [7, 11) is 0. The number of alkyl carbamates (subject to hydrolysis) is 1. The number of amides is 3. The Morgan fingerprint density at radius 1 is 1.24 bits per heavy atom. The predicted molar refractivity (Wildman–Crippen MR) is 110 cm³/mol. The lowest BCUT2D eigenvalue weighted by molar-refractivity contribution is -0.126. The number of piperidine rings is 1. The van der Waals surface area contributed by atoms with Gasteiger partial charge < -0.3 is 20.3 Å². The molecule has 1 heterocycles. The third-order valence-electron chi connectivity index (χ3n) is 4.33.